The van der Waals surface area contributed by atoms with Gasteiger partial charge in [0.05, 0.1) is 24.2 Å². The Kier molecular flexibility index (Phi) is 6.07. The van der Waals surface area contributed by atoms with Crippen LogP contribution in [0.3, 0.4) is 0 Å². The van der Waals surface area contributed by atoms with Gasteiger partial charge < -0.3 is 10.1 Å². The molecule has 0 radical (unpaired) electrons. The maximum absolute atomic E-state index is 12.4. The SMILES string of the molecule is Cc1nn(CCC(=O)OC(C)C(=O)Nc2ccc3ccccc3c2)c(C)c1C=O. The van der Waals surface area contributed by atoms with Crippen LogP contribution >= 0.6 is 0 Å². The zero-order valence-electron chi connectivity index (χ0n) is 16.6. The fraction of sp³-hybridized carbons (Fsp3) is 0.273. The quantitative estimate of drug-likeness (QED) is 0.491. The number of fused-ring (bicyclic) bond motifs is 1. The number of carbonyl (C=O) groups is 3. The van der Waals surface area contributed by atoms with E-state index in [2.05, 4.69) is 10.4 Å². The summed E-state index contributed by atoms with van der Waals surface area (Å²) in [5.41, 5.74) is 2.49. The van der Waals surface area contributed by atoms with Gasteiger partial charge in [-0.25, -0.2) is 0 Å². The van der Waals surface area contributed by atoms with Crippen LogP contribution in [0.25, 0.3) is 10.8 Å². The van der Waals surface area contributed by atoms with Crippen LogP contribution < -0.4 is 5.32 Å². The van der Waals surface area contributed by atoms with Gasteiger partial charge in [-0.05, 0) is 43.7 Å². The molecule has 0 bridgehead atoms. The number of anilines is 1. The number of nitrogens with zero attached hydrogens (tertiary/aromatic N) is 2. The molecule has 0 aliphatic carbocycles. The van der Waals surface area contributed by atoms with E-state index in [4.69, 9.17) is 4.74 Å². The number of benzene rings is 2. The highest BCUT2D eigenvalue weighted by atomic mass is 16.5. The number of nitrogens with one attached hydrogen (secondary N) is 1. The number of hydrogen-bond acceptors (Lipinski definition) is 5. The van der Waals surface area contributed by atoms with Gasteiger partial charge >= 0.3 is 5.97 Å². The Labute approximate surface area is 168 Å². The number of aldehydes is 1. The monoisotopic (exact) mass is 393 g/mol. The van der Waals surface area contributed by atoms with Crippen molar-refractivity contribution in [3.63, 3.8) is 0 Å². The maximum Gasteiger partial charge on any atom is 0.308 e. The standard InChI is InChI=1S/C22H23N3O4/c1-14-20(13-26)15(2)25(24-14)11-10-21(27)29-16(3)22(28)23-19-9-8-17-6-4-5-7-18(17)12-19/h4-9,12-13,16H,10-11H2,1-3H3,(H,23,28). The van der Waals surface area contributed by atoms with Crippen LogP contribution in [0, 0.1) is 13.8 Å². The summed E-state index contributed by atoms with van der Waals surface area (Å²) in [4.78, 5) is 35.5. The van der Waals surface area contributed by atoms with Crippen molar-refractivity contribution in [2.75, 3.05) is 5.32 Å². The van der Waals surface area contributed by atoms with Crippen molar-refractivity contribution in [3.8, 4) is 0 Å². The summed E-state index contributed by atoms with van der Waals surface area (Å²) in [5, 5.41) is 9.10. The number of aromatic nitrogens is 2. The van der Waals surface area contributed by atoms with E-state index in [9.17, 15) is 14.4 Å². The molecule has 1 amide bonds. The number of rotatable bonds is 7. The second kappa shape index (κ2) is 8.68. The molecule has 3 rings (SSSR count). The normalized spacial score (nSPS) is 11.8. The van der Waals surface area contributed by atoms with Gasteiger partial charge in [0.2, 0.25) is 0 Å². The summed E-state index contributed by atoms with van der Waals surface area (Å²) >= 11 is 0. The highest BCUT2D eigenvalue weighted by Gasteiger charge is 2.19. The zero-order valence-corrected chi connectivity index (χ0v) is 16.6. The molecule has 7 heteroatoms. The molecule has 1 atom stereocenters. The molecule has 3 aromatic rings. The fourth-order valence-corrected chi connectivity index (χ4v) is 3.12. The van der Waals surface area contributed by atoms with Gasteiger partial charge in [0.1, 0.15) is 0 Å². The van der Waals surface area contributed by atoms with Crippen molar-refractivity contribution in [3.05, 3.63) is 59.4 Å². The molecular formula is C22H23N3O4. The second-order valence-electron chi connectivity index (χ2n) is 6.86. The summed E-state index contributed by atoms with van der Waals surface area (Å²) in [6.45, 7) is 5.32. The van der Waals surface area contributed by atoms with Crippen molar-refractivity contribution in [1.82, 2.24) is 9.78 Å². The Morgan fingerprint density at radius 2 is 1.90 bits per heavy atom. The molecule has 0 aliphatic heterocycles. The Morgan fingerprint density at radius 1 is 1.17 bits per heavy atom. The first-order valence-corrected chi connectivity index (χ1v) is 9.37. The second-order valence-corrected chi connectivity index (χ2v) is 6.86. The third-order valence-electron chi connectivity index (χ3n) is 4.78. The maximum atomic E-state index is 12.4. The van der Waals surface area contributed by atoms with Crippen molar-refractivity contribution in [2.45, 2.75) is 39.8 Å². The summed E-state index contributed by atoms with van der Waals surface area (Å²) in [7, 11) is 0. The van der Waals surface area contributed by atoms with E-state index >= 15 is 0 Å². The Morgan fingerprint density at radius 3 is 2.59 bits per heavy atom. The van der Waals surface area contributed by atoms with E-state index in [0.717, 1.165) is 17.1 Å². The number of amides is 1. The number of aryl methyl sites for hydroxylation is 2. The van der Waals surface area contributed by atoms with E-state index < -0.39 is 18.0 Å². The van der Waals surface area contributed by atoms with Gasteiger partial charge in [-0.15, -0.1) is 0 Å². The number of ether oxygens (including phenoxy) is 1. The van der Waals surface area contributed by atoms with E-state index in [1.54, 1.807) is 18.5 Å². The smallest absolute Gasteiger partial charge is 0.308 e. The predicted octanol–water partition coefficient (Wildman–Crippen LogP) is 3.43. The van der Waals surface area contributed by atoms with Crippen molar-refractivity contribution in [2.24, 2.45) is 0 Å². The lowest BCUT2D eigenvalue weighted by atomic mass is 10.1. The summed E-state index contributed by atoms with van der Waals surface area (Å²) < 4.78 is 6.83. The summed E-state index contributed by atoms with van der Waals surface area (Å²) in [6.07, 6.45) is -0.125. The molecule has 7 nitrogen and oxygen atoms in total. The molecular weight excluding hydrogens is 370 g/mol. The first-order chi connectivity index (χ1) is 13.9. The molecule has 1 N–H and O–H groups in total. The number of carbonyl (C=O) groups excluding carboxylic acids is 3. The van der Waals surface area contributed by atoms with Gasteiger partial charge in [-0.2, -0.15) is 5.10 Å². The lowest BCUT2D eigenvalue weighted by Crippen LogP contribution is -2.30. The van der Waals surface area contributed by atoms with E-state index in [0.29, 0.717) is 22.6 Å². The van der Waals surface area contributed by atoms with Crippen LogP contribution in [0.5, 0.6) is 0 Å². The third-order valence-corrected chi connectivity index (χ3v) is 4.78. The van der Waals surface area contributed by atoms with Crippen LogP contribution in [0.15, 0.2) is 42.5 Å². The largest absolute Gasteiger partial charge is 0.452 e. The average molecular weight is 393 g/mol. The molecule has 0 saturated heterocycles. The molecule has 1 unspecified atom stereocenters. The van der Waals surface area contributed by atoms with Gasteiger partial charge in [0.15, 0.2) is 12.4 Å². The number of esters is 1. The fourth-order valence-electron chi connectivity index (χ4n) is 3.12. The highest BCUT2D eigenvalue weighted by molar-refractivity contribution is 5.97. The summed E-state index contributed by atoms with van der Waals surface area (Å²) in [5.74, 6) is -0.908. The van der Waals surface area contributed by atoms with Crippen molar-refractivity contribution >= 4 is 34.6 Å². The topological polar surface area (TPSA) is 90.3 Å². The van der Waals surface area contributed by atoms with Crippen LogP contribution in [0.4, 0.5) is 5.69 Å². The van der Waals surface area contributed by atoms with Crippen molar-refractivity contribution < 1.29 is 19.1 Å². The molecule has 0 spiro atoms. The van der Waals surface area contributed by atoms with Crippen LogP contribution in [-0.4, -0.2) is 34.0 Å². The van der Waals surface area contributed by atoms with Crippen LogP contribution in [0.2, 0.25) is 0 Å². The Bertz CT molecular complexity index is 1070. The highest BCUT2D eigenvalue weighted by Crippen LogP contribution is 2.19. The minimum absolute atomic E-state index is 0.0495. The van der Waals surface area contributed by atoms with E-state index in [1.807, 2.05) is 42.5 Å². The minimum atomic E-state index is -0.931. The average Bonchev–Trinajstić information content (AvgIpc) is 2.98. The van der Waals surface area contributed by atoms with Gasteiger partial charge in [-0.1, -0.05) is 30.3 Å². The molecule has 150 valence electrons. The molecule has 0 aliphatic rings. The first kappa shape index (κ1) is 20.3. The molecule has 1 aromatic heterocycles. The van der Waals surface area contributed by atoms with Crippen LogP contribution in [-0.2, 0) is 20.9 Å². The predicted molar refractivity (Wildman–Crippen MR) is 110 cm³/mol. The van der Waals surface area contributed by atoms with Gasteiger partial charge in [-0.3, -0.25) is 19.1 Å². The third kappa shape index (κ3) is 4.68. The van der Waals surface area contributed by atoms with Gasteiger partial charge in [0.25, 0.3) is 5.91 Å². The van der Waals surface area contributed by atoms with Gasteiger partial charge in [0, 0.05) is 11.4 Å². The zero-order chi connectivity index (χ0) is 21.0. The molecule has 2 aromatic carbocycles. The molecule has 29 heavy (non-hydrogen) atoms. The molecule has 1 heterocycles. The first-order valence-electron chi connectivity index (χ1n) is 9.37. The lowest BCUT2D eigenvalue weighted by molar-refractivity contribution is -0.153. The van der Waals surface area contributed by atoms with E-state index in [1.165, 1.54) is 6.92 Å². The minimum Gasteiger partial charge on any atom is -0.452 e. The summed E-state index contributed by atoms with van der Waals surface area (Å²) in [6, 6.07) is 13.4. The Hall–Kier alpha value is -3.48. The molecule has 0 fully saturated rings. The Balaban J connectivity index is 1.54. The lowest BCUT2D eigenvalue weighted by Gasteiger charge is -2.14. The van der Waals surface area contributed by atoms with Crippen LogP contribution in [0.1, 0.15) is 35.1 Å². The molecule has 0 saturated carbocycles. The van der Waals surface area contributed by atoms with Crippen molar-refractivity contribution in [1.29, 1.82) is 0 Å². The van der Waals surface area contributed by atoms with E-state index in [-0.39, 0.29) is 13.0 Å². The number of hydrogen-bond donors (Lipinski definition) is 1.